The number of aryl methyl sites for hydroxylation is 2. The van der Waals surface area contributed by atoms with Crippen LogP contribution < -0.4 is 4.90 Å². The maximum absolute atomic E-state index is 4.62. The van der Waals surface area contributed by atoms with E-state index in [0.717, 1.165) is 30.5 Å². The third-order valence-corrected chi connectivity index (χ3v) is 4.93. The van der Waals surface area contributed by atoms with E-state index in [-0.39, 0.29) is 5.41 Å². The molecule has 1 atom stereocenters. The molecule has 0 bridgehead atoms. The summed E-state index contributed by atoms with van der Waals surface area (Å²) in [5.74, 6) is 1.44. The number of aromatic nitrogens is 4. The smallest absolute Gasteiger partial charge is 0.205 e. The van der Waals surface area contributed by atoms with Crippen LogP contribution in [0, 0.1) is 5.41 Å². The number of anilines is 1. The number of hydrogen-bond acceptors (Lipinski definition) is 5. The fourth-order valence-corrected chi connectivity index (χ4v) is 3.73. The first-order valence-corrected chi connectivity index (χ1v) is 7.83. The summed E-state index contributed by atoms with van der Waals surface area (Å²) in [6, 6.07) is 0. The lowest BCUT2D eigenvalue weighted by atomic mass is 9.79. The summed E-state index contributed by atoms with van der Waals surface area (Å²) in [5, 5.41) is 5.37. The van der Waals surface area contributed by atoms with Crippen LogP contribution in [0.15, 0.2) is 12.4 Å². The van der Waals surface area contributed by atoms with Gasteiger partial charge in [-0.3, -0.25) is 4.68 Å². The van der Waals surface area contributed by atoms with Gasteiger partial charge in [0.15, 0.2) is 0 Å². The Bertz CT molecular complexity index is 600. The minimum atomic E-state index is 0.223. The van der Waals surface area contributed by atoms with Crippen LogP contribution in [0.2, 0.25) is 0 Å². The van der Waals surface area contributed by atoms with Gasteiger partial charge in [0.2, 0.25) is 5.13 Å². The molecule has 3 rings (SSSR count). The molecule has 0 amide bonds. The largest absolute Gasteiger partial charge is 0.346 e. The minimum absolute atomic E-state index is 0.223. The first kappa shape index (κ1) is 13.5. The van der Waals surface area contributed by atoms with Gasteiger partial charge in [0.25, 0.3) is 0 Å². The zero-order chi connectivity index (χ0) is 14.3. The molecule has 2 aromatic rings. The van der Waals surface area contributed by atoms with Crippen LogP contribution >= 0.6 is 11.5 Å². The Balaban J connectivity index is 1.84. The predicted octanol–water partition coefficient (Wildman–Crippen LogP) is 2.46. The lowest BCUT2D eigenvalue weighted by Gasteiger charge is -2.24. The Morgan fingerprint density at radius 3 is 2.85 bits per heavy atom. The highest BCUT2D eigenvalue weighted by Gasteiger charge is 2.41. The Hall–Kier alpha value is -1.43. The second-order valence-electron chi connectivity index (χ2n) is 6.22. The first-order chi connectivity index (χ1) is 9.49. The molecule has 2 aromatic heterocycles. The monoisotopic (exact) mass is 291 g/mol. The molecule has 1 saturated heterocycles. The van der Waals surface area contributed by atoms with E-state index < -0.39 is 0 Å². The van der Waals surface area contributed by atoms with Crippen molar-refractivity contribution in [3.8, 4) is 0 Å². The number of hydrogen-bond donors (Lipinski definition) is 0. The standard InChI is InChI=1S/C14H21N5S/c1-5-12-16-13(20-17-12)19-8-11(14(2,3)9-19)10-6-15-18(4)7-10/h6-7,11H,5,8-9H2,1-4H3/t11-/m1/s1. The van der Waals surface area contributed by atoms with Crippen molar-refractivity contribution in [1.29, 1.82) is 0 Å². The van der Waals surface area contributed by atoms with E-state index in [0.29, 0.717) is 5.92 Å². The minimum Gasteiger partial charge on any atom is -0.346 e. The summed E-state index contributed by atoms with van der Waals surface area (Å²) in [7, 11) is 1.97. The summed E-state index contributed by atoms with van der Waals surface area (Å²) in [4.78, 5) is 6.99. The van der Waals surface area contributed by atoms with Crippen LogP contribution in [-0.2, 0) is 13.5 Å². The molecule has 0 radical (unpaired) electrons. The quantitative estimate of drug-likeness (QED) is 0.871. The van der Waals surface area contributed by atoms with Crippen LogP contribution in [0.25, 0.3) is 0 Å². The fourth-order valence-electron chi connectivity index (χ4n) is 2.97. The predicted molar refractivity (Wildman–Crippen MR) is 81.2 cm³/mol. The van der Waals surface area contributed by atoms with Gasteiger partial charge in [-0.15, -0.1) is 0 Å². The molecular weight excluding hydrogens is 270 g/mol. The van der Waals surface area contributed by atoms with Gasteiger partial charge in [0.1, 0.15) is 5.82 Å². The number of rotatable bonds is 3. The normalized spacial score (nSPS) is 21.6. The molecule has 1 fully saturated rings. The lowest BCUT2D eigenvalue weighted by Crippen LogP contribution is -2.23. The Morgan fingerprint density at radius 1 is 1.45 bits per heavy atom. The van der Waals surface area contributed by atoms with Crippen molar-refractivity contribution in [1.82, 2.24) is 19.1 Å². The van der Waals surface area contributed by atoms with E-state index in [4.69, 9.17) is 0 Å². The highest BCUT2D eigenvalue weighted by molar-refractivity contribution is 7.09. The van der Waals surface area contributed by atoms with E-state index in [2.05, 4.69) is 46.3 Å². The molecule has 3 heterocycles. The van der Waals surface area contributed by atoms with Gasteiger partial charge in [-0.1, -0.05) is 20.8 Å². The molecule has 5 nitrogen and oxygen atoms in total. The Morgan fingerprint density at radius 2 is 2.25 bits per heavy atom. The van der Waals surface area contributed by atoms with Gasteiger partial charge < -0.3 is 4.90 Å². The van der Waals surface area contributed by atoms with E-state index in [9.17, 15) is 0 Å². The average molecular weight is 291 g/mol. The summed E-state index contributed by atoms with van der Waals surface area (Å²) < 4.78 is 6.28. The molecule has 1 aliphatic heterocycles. The second kappa shape index (κ2) is 4.84. The highest BCUT2D eigenvalue weighted by atomic mass is 32.1. The zero-order valence-corrected chi connectivity index (χ0v) is 13.3. The zero-order valence-electron chi connectivity index (χ0n) is 12.5. The van der Waals surface area contributed by atoms with Gasteiger partial charge in [0, 0.05) is 50.2 Å². The number of nitrogens with zero attached hydrogens (tertiary/aromatic N) is 5. The molecule has 0 aliphatic carbocycles. The van der Waals surface area contributed by atoms with E-state index in [1.165, 1.54) is 17.1 Å². The lowest BCUT2D eigenvalue weighted by molar-refractivity contribution is 0.365. The average Bonchev–Trinajstić information content (AvgIpc) is 3.07. The van der Waals surface area contributed by atoms with Crippen molar-refractivity contribution < 1.29 is 0 Å². The molecule has 0 N–H and O–H groups in total. The molecule has 0 spiro atoms. The Labute approximate surface area is 123 Å². The van der Waals surface area contributed by atoms with Crippen molar-refractivity contribution >= 4 is 16.7 Å². The third kappa shape index (κ3) is 2.32. The Kier molecular flexibility index (Phi) is 3.28. The summed E-state index contributed by atoms with van der Waals surface area (Å²) in [6.45, 7) is 8.76. The van der Waals surface area contributed by atoms with Crippen LogP contribution in [-0.4, -0.2) is 32.2 Å². The van der Waals surface area contributed by atoms with Crippen LogP contribution in [0.4, 0.5) is 5.13 Å². The van der Waals surface area contributed by atoms with E-state index in [1.54, 1.807) is 0 Å². The maximum atomic E-state index is 4.62. The van der Waals surface area contributed by atoms with Crippen molar-refractivity contribution in [2.24, 2.45) is 12.5 Å². The van der Waals surface area contributed by atoms with Crippen LogP contribution in [0.5, 0.6) is 0 Å². The maximum Gasteiger partial charge on any atom is 0.205 e. The van der Waals surface area contributed by atoms with Gasteiger partial charge in [-0.05, 0) is 11.0 Å². The topological polar surface area (TPSA) is 46.8 Å². The first-order valence-electron chi connectivity index (χ1n) is 7.05. The fraction of sp³-hybridized carbons (Fsp3) is 0.643. The molecule has 20 heavy (non-hydrogen) atoms. The van der Waals surface area contributed by atoms with Gasteiger partial charge in [-0.25, -0.2) is 4.98 Å². The van der Waals surface area contributed by atoms with Crippen molar-refractivity contribution in [2.45, 2.75) is 33.1 Å². The van der Waals surface area contributed by atoms with E-state index >= 15 is 0 Å². The van der Waals surface area contributed by atoms with Gasteiger partial charge in [-0.2, -0.15) is 9.47 Å². The summed E-state index contributed by atoms with van der Waals surface area (Å²) in [6.07, 6.45) is 5.03. The molecule has 0 unspecified atom stereocenters. The summed E-state index contributed by atoms with van der Waals surface area (Å²) >= 11 is 1.52. The summed E-state index contributed by atoms with van der Waals surface area (Å²) in [5.41, 5.74) is 1.54. The molecule has 108 valence electrons. The molecular formula is C14H21N5S. The van der Waals surface area contributed by atoms with Gasteiger partial charge >= 0.3 is 0 Å². The molecule has 6 heteroatoms. The SMILES string of the molecule is CCc1nsc(N2C[C@H](c3cnn(C)c3)C(C)(C)C2)n1. The third-order valence-electron chi connectivity index (χ3n) is 4.12. The van der Waals surface area contributed by atoms with Crippen LogP contribution in [0.1, 0.15) is 38.1 Å². The van der Waals surface area contributed by atoms with Crippen molar-refractivity contribution in [3.05, 3.63) is 23.8 Å². The highest BCUT2D eigenvalue weighted by Crippen LogP contribution is 2.43. The van der Waals surface area contributed by atoms with Crippen LogP contribution in [0.3, 0.4) is 0 Å². The van der Waals surface area contributed by atoms with Crippen molar-refractivity contribution in [3.63, 3.8) is 0 Å². The second-order valence-corrected chi connectivity index (χ2v) is 6.95. The molecule has 0 aromatic carbocycles. The molecule has 1 aliphatic rings. The van der Waals surface area contributed by atoms with Crippen molar-refractivity contribution in [2.75, 3.05) is 18.0 Å². The van der Waals surface area contributed by atoms with Gasteiger partial charge in [0.05, 0.1) is 6.20 Å². The molecule has 0 saturated carbocycles. The van der Waals surface area contributed by atoms with E-state index in [1.807, 2.05) is 17.9 Å².